The smallest absolute Gasteiger partial charge is 0.341 e. The molecule has 0 amide bonds. The summed E-state index contributed by atoms with van der Waals surface area (Å²) in [7, 11) is 0. The van der Waals surface area contributed by atoms with E-state index in [4.69, 9.17) is 0 Å². The van der Waals surface area contributed by atoms with Crippen molar-refractivity contribution in [3.63, 3.8) is 0 Å². The van der Waals surface area contributed by atoms with Gasteiger partial charge in [0.2, 0.25) is 0 Å². The molecule has 9 heteroatoms. The number of alkyl halides is 1. The zero-order valence-electron chi connectivity index (χ0n) is 13.3. The molecule has 0 saturated carbocycles. The molecule has 1 saturated heterocycles. The van der Waals surface area contributed by atoms with Gasteiger partial charge in [-0.15, -0.1) is 0 Å². The van der Waals surface area contributed by atoms with Crippen LogP contribution in [-0.2, 0) is 0 Å². The van der Waals surface area contributed by atoms with E-state index in [-0.39, 0.29) is 35.6 Å². The van der Waals surface area contributed by atoms with E-state index in [1.807, 2.05) is 0 Å². The highest BCUT2D eigenvalue weighted by Crippen LogP contribution is 2.38. The number of fused-ring (bicyclic) bond motifs is 1. The van der Waals surface area contributed by atoms with Crippen LogP contribution >= 0.6 is 0 Å². The molecule has 1 aliphatic rings. The third-order valence-corrected chi connectivity index (χ3v) is 4.45. The second kappa shape index (κ2) is 6.01. The normalized spacial score (nSPS) is 20.0. The highest BCUT2D eigenvalue weighted by atomic mass is 19.1. The van der Waals surface area contributed by atoms with Crippen LogP contribution in [0.1, 0.15) is 28.4 Å². The first kappa shape index (κ1) is 16.4. The monoisotopic (exact) mass is 362 g/mol. The first-order valence-electron chi connectivity index (χ1n) is 7.87. The number of rotatable bonds is 3. The quantitative estimate of drug-likeness (QED) is 0.776. The molecule has 0 unspecified atom stereocenters. The Morgan fingerprint density at radius 1 is 1.27 bits per heavy atom. The molecule has 6 nitrogen and oxygen atoms in total. The summed E-state index contributed by atoms with van der Waals surface area (Å²) in [5, 5.41) is 13.1. The Morgan fingerprint density at radius 3 is 2.85 bits per heavy atom. The molecule has 134 valence electrons. The van der Waals surface area contributed by atoms with Crippen molar-refractivity contribution in [2.45, 2.75) is 18.6 Å². The molecule has 3 heterocycles. The minimum atomic E-state index is -1.25. The summed E-state index contributed by atoms with van der Waals surface area (Å²) >= 11 is 0. The number of nitrogens with zero attached hydrogens (tertiary/aromatic N) is 4. The van der Waals surface area contributed by atoms with Gasteiger partial charge in [0, 0.05) is 18.2 Å². The molecule has 2 atom stereocenters. The van der Waals surface area contributed by atoms with Crippen molar-refractivity contribution in [1.82, 2.24) is 14.6 Å². The molecule has 0 bridgehead atoms. The van der Waals surface area contributed by atoms with Gasteiger partial charge in [0.1, 0.15) is 29.2 Å². The summed E-state index contributed by atoms with van der Waals surface area (Å²) in [6.45, 7) is -0.0552. The van der Waals surface area contributed by atoms with Crippen LogP contribution in [0, 0.1) is 11.6 Å². The second-order valence-electron chi connectivity index (χ2n) is 6.08. The van der Waals surface area contributed by atoms with E-state index in [1.54, 1.807) is 0 Å². The van der Waals surface area contributed by atoms with Gasteiger partial charge in [0.05, 0.1) is 18.8 Å². The predicted molar refractivity (Wildman–Crippen MR) is 85.9 cm³/mol. The first-order valence-corrected chi connectivity index (χ1v) is 7.87. The van der Waals surface area contributed by atoms with Gasteiger partial charge in [-0.1, -0.05) is 0 Å². The van der Waals surface area contributed by atoms with Gasteiger partial charge in [0.15, 0.2) is 5.65 Å². The van der Waals surface area contributed by atoms with Gasteiger partial charge < -0.3 is 10.0 Å². The molecule has 0 radical (unpaired) electrons. The number of benzene rings is 1. The predicted octanol–water partition coefficient (Wildman–Crippen LogP) is 3.00. The fraction of sp³-hybridized carbons (Fsp3) is 0.235. The lowest BCUT2D eigenvalue weighted by atomic mass is 10.0. The number of carbonyl (C=O) groups is 1. The standard InChI is InChI=1S/C17H13F3N4O2/c18-9-1-2-13(20)11(5-9)14-6-10(19)8-23(14)15-3-4-24-16(22-15)12(7-21-24)17(25)26/h1-5,7,10,14H,6,8H2,(H,25,26)/t10-,14+/m0/s1. The average Bonchev–Trinajstić information content (AvgIpc) is 3.19. The third-order valence-electron chi connectivity index (χ3n) is 4.45. The minimum absolute atomic E-state index is 0.0156. The van der Waals surface area contributed by atoms with Crippen molar-refractivity contribution in [3.05, 3.63) is 59.4 Å². The Morgan fingerprint density at radius 2 is 2.08 bits per heavy atom. The fourth-order valence-corrected chi connectivity index (χ4v) is 3.27. The molecule has 3 aromatic rings. The molecular formula is C17H13F3N4O2. The van der Waals surface area contributed by atoms with E-state index in [2.05, 4.69) is 10.1 Å². The van der Waals surface area contributed by atoms with Gasteiger partial charge in [0.25, 0.3) is 0 Å². The van der Waals surface area contributed by atoms with Gasteiger partial charge in [-0.05, 0) is 24.3 Å². The van der Waals surface area contributed by atoms with Gasteiger partial charge in [-0.25, -0.2) is 27.5 Å². The van der Waals surface area contributed by atoms with E-state index in [0.29, 0.717) is 0 Å². The Labute approximate surface area is 145 Å². The van der Waals surface area contributed by atoms with Crippen molar-refractivity contribution in [2.24, 2.45) is 0 Å². The zero-order chi connectivity index (χ0) is 18.4. The van der Waals surface area contributed by atoms with Crippen LogP contribution in [-0.4, -0.2) is 38.4 Å². The molecule has 0 aliphatic carbocycles. The van der Waals surface area contributed by atoms with Gasteiger partial charge >= 0.3 is 5.97 Å². The van der Waals surface area contributed by atoms with Crippen LogP contribution in [0.3, 0.4) is 0 Å². The van der Waals surface area contributed by atoms with Crippen molar-refractivity contribution < 1.29 is 23.1 Å². The van der Waals surface area contributed by atoms with Crippen LogP contribution in [0.5, 0.6) is 0 Å². The largest absolute Gasteiger partial charge is 0.477 e. The van der Waals surface area contributed by atoms with Crippen LogP contribution in [0.4, 0.5) is 19.0 Å². The second-order valence-corrected chi connectivity index (χ2v) is 6.08. The maximum Gasteiger partial charge on any atom is 0.341 e. The lowest BCUT2D eigenvalue weighted by Crippen LogP contribution is -2.25. The third kappa shape index (κ3) is 2.65. The highest BCUT2D eigenvalue weighted by molar-refractivity contribution is 5.94. The molecule has 1 aliphatic heterocycles. The lowest BCUT2D eigenvalue weighted by Gasteiger charge is -2.26. The Balaban J connectivity index is 1.80. The van der Waals surface area contributed by atoms with Crippen molar-refractivity contribution in [2.75, 3.05) is 11.4 Å². The maximum absolute atomic E-state index is 14.2. The zero-order valence-corrected chi connectivity index (χ0v) is 13.3. The topological polar surface area (TPSA) is 70.7 Å². The minimum Gasteiger partial charge on any atom is -0.477 e. The van der Waals surface area contributed by atoms with E-state index in [1.165, 1.54) is 27.9 Å². The van der Waals surface area contributed by atoms with Crippen molar-refractivity contribution in [3.8, 4) is 0 Å². The number of anilines is 1. The summed E-state index contributed by atoms with van der Waals surface area (Å²) < 4.78 is 43.1. The van der Waals surface area contributed by atoms with Crippen LogP contribution in [0.15, 0.2) is 36.7 Å². The Kier molecular flexibility index (Phi) is 3.78. The SMILES string of the molecule is O=C(O)c1cnn2ccc(N3C[C@@H](F)C[C@@H]3c3cc(F)ccc3F)nc12. The molecule has 1 fully saturated rings. The molecule has 1 N–H and O–H groups in total. The van der Waals surface area contributed by atoms with E-state index >= 15 is 0 Å². The number of aromatic carboxylic acids is 1. The number of halogens is 3. The van der Waals surface area contributed by atoms with E-state index < -0.39 is 29.8 Å². The van der Waals surface area contributed by atoms with Gasteiger partial charge in [-0.3, -0.25) is 0 Å². The Hall–Kier alpha value is -3.10. The number of carboxylic acid groups (broad SMARTS) is 1. The maximum atomic E-state index is 14.2. The number of carboxylic acids is 1. The molecule has 0 spiro atoms. The molecule has 1 aromatic carbocycles. The Bertz CT molecular complexity index is 1010. The fourth-order valence-electron chi connectivity index (χ4n) is 3.27. The van der Waals surface area contributed by atoms with Crippen LogP contribution < -0.4 is 4.90 Å². The number of hydrogen-bond acceptors (Lipinski definition) is 4. The molecule has 2 aromatic heterocycles. The summed E-state index contributed by atoms with van der Waals surface area (Å²) in [5.74, 6) is -2.17. The first-order chi connectivity index (χ1) is 12.4. The van der Waals surface area contributed by atoms with E-state index in [0.717, 1.165) is 18.2 Å². The summed E-state index contributed by atoms with van der Waals surface area (Å²) in [6, 6.07) is 3.84. The van der Waals surface area contributed by atoms with Crippen LogP contribution in [0.25, 0.3) is 5.65 Å². The van der Waals surface area contributed by atoms with E-state index in [9.17, 15) is 23.1 Å². The summed E-state index contributed by atoms with van der Waals surface area (Å²) in [6.07, 6.45) is 1.40. The molecule has 26 heavy (non-hydrogen) atoms. The molecular weight excluding hydrogens is 349 g/mol. The van der Waals surface area contributed by atoms with Crippen LogP contribution in [0.2, 0.25) is 0 Å². The summed E-state index contributed by atoms with van der Waals surface area (Å²) in [5.41, 5.74) is 0.0332. The molecule has 4 rings (SSSR count). The number of aromatic nitrogens is 3. The van der Waals surface area contributed by atoms with Crippen molar-refractivity contribution >= 4 is 17.4 Å². The highest BCUT2D eigenvalue weighted by Gasteiger charge is 2.36. The van der Waals surface area contributed by atoms with Gasteiger partial charge in [-0.2, -0.15) is 5.10 Å². The lowest BCUT2D eigenvalue weighted by molar-refractivity contribution is 0.0698. The average molecular weight is 362 g/mol. The summed E-state index contributed by atoms with van der Waals surface area (Å²) in [4.78, 5) is 17.0. The van der Waals surface area contributed by atoms with Crippen molar-refractivity contribution in [1.29, 1.82) is 0 Å². The number of hydrogen-bond donors (Lipinski definition) is 1.